The second-order valence-corrected chi connectivity index (χ2v) is 6.90. The smallest absolute Gasteiger partial charge is 0.254 e. The Hall–Kier alpha value is -1.07. The average Bonchev–Trinajstić information content (AvgIpc) is 2.90. The van der Waals surface area contributed by atoms with Crippen molar-refractivity contribution in [3.05, 3.63) is 16.0 Å². The molecule has 1 aliphatic carbocycles. The van der Waals surface area contributed by atoms with E-state index in [9.17, 15) is 4.79 Å². The molecule has 0 atom stereocenters. The van der Waals surface area contributed by atoms with E-state index in [1.54, 1.807) is 18.4 Å². The lowest BCUT2D eigenvalue weighted by atomic mass is 9.95. The Balaban J connectivity index is 2.08. The molecule has 0 aliphatic heterocycles. The van der Waals surface area contributed by atoms with E-state index in [0.717, 1.165) is 49.2 Å². The second-order valence-electron chi connectivity index (χ2n) is 5.80. The summed E-state index contributed by atoms with van der Waals surface area (Å²) in [5.74, 6) is 0.0782. The van der Waals surface area contributed by atoms with Crippen LogP contribution in [0.4, 0.5) is 5.00 Å². The minimum atomic E-state index is 0.0782. The molecule has 0 bridgehead atoms. The Morgan fingerprint density at radius 1 is 1.23 bits per heavy atom. The first-order valence-electron chi connectivity index (χ1n) is 8.43. The number of unbranched alkanes of at least 4 members (excludes halogenated alkanes) is 1. The molecule has 22 heavy (non-hydrogen) atoms. The van der Waals surface area contributed by atoms with E-state index in [1.165, 1.54) is 23.3 Å². The quantitative estimate of drug-likeness (QED) is 0.682. The zero-order valence-corrected chi connectivity index (χ0v) is 14.6. The summed E-state index contributed by atoms with van der Waals surface area (Å²) in [5, 5.41) is 7.61. The number of methoxy groups -OCH3 is 1. The standard InChI is InChI=1S/C17H28N2O2S/c1-3-4-10-19-17-15(16(20)18-11-7-12-21-2)13-8-5-6-9-14(13)22-17/h19H,3-12H2,1-2H3,(H,18,20). The topological polar surface area (TPSA) is 50.4 Å². The summed E-state index contributed by atoms with van der Waals surface area (Å²) >= 11 is 1.79. The van der Waals surface area contributed by atoms with Crippen molar-refractivity contribution in [1.29, 1.82) is 0 Å². The monoisotopic (exact) mass is 324 g/mol. The van der Waals surface area contributed by atoms with Gasteiger partial charge in [0.05, 0.1) is 5.56 Å². The van der Waals surface area contributed by atoms with Crippen LogP contribution in [0.3, 0.4) is 0 Å². The SMILES string of the molecule is CCCCNc1sc2c(c1C(=O)NCCCOC)CCCC2. The lowest BCUT2D eigenvalue weighted by Gasteiger charge is -2.13. The lowest BCUT2D eigenvalue weighted by Crippen LogP contribution is -2.27. The van der Waals surface area contributed by atoms with E-state index in [0.29, 0.717) is 13.2 Å². The number of rotatable bonds is 9. The Morgan fingerprint density at radius 2 is 2.05 bits per heavy atom. The average molecular weight is 324 g/mol. The first-order valence-corrected chi connectivity index (χ1v) is 9.25. The zero-order valence-electron chi connectivity index (χ0n) is 13.8. The molecule has 0 saturated heterocycles. The van der Waals surface area contributed by atoms with Crippen LogP contribution in [0.1, 0.15) is 59.8 Å². The number of carbonyl (C=O) groups is 1. The van der Waals surface area contributed by atoms with Gasteiger partial charge in [-0.25, -0.2) is 0 Å². The van der Waals surface area contributed by atoms with Crippen LogP contribution < -0.4 is 10.6 Å². The molecule has 0 unspecified atom stereocenters. The molecule has 4 nitrogen and oxygen atoms in total. The minimum absolute atomic E-state index is 0.0782. The van der Waals surface area contributed by atoms with Crippen LogP contribution >= 0.6 is 11.3 Å². The predicted octanol–water partition coefficient (Wildman–Crippen LogP) is 3.61. The van der Waals surface area contributed by atoms with E-state index < -0.39 is 0 Å². The molecule has 124 valence electrons. The maximum absolute atomic E-state index is 12.6. The van der Waals surface area contributed by atoms with Gasteiger partial charge in [-0.15, -0.1) is 11.3 Å². The highest BCUT2D eigenvalue weighted by molar-refractivity contribution is 7.16. The fourth-order valence-corrected chi connectivity index (χ4v) is 4.13. The molecule has 2 N–H and O–H groups in total. The Morgan fingerprint density at radius 3 is 2.82 bits per heavy atom. The molecule has 2 rings (SSSR count). The van der Waals surface area contributed by atoms with Crippen LogP contribution in [0.15, 0.2) is 0 Å². The summed E-state index contributed by atoms with van der Waals surface area (Å²) in [4.78, 5) is 14.0. The van der Waals surface area contributed by atoms with Gasteiger partial charge in [0.1, 0.15) is 5.00 Å². The van der Waals surface area contributed by atoms with Crippen LogP contribution in [0.5, 0.6) is 0 Å². The molecule has 0 aromatic carbocycles. The van der Waals surface area contributed by atoms with Crippen molar-refractivity contribution in [2.45, 2.75) is 51.9 Å². The summed E-state index contributed by atoms with van der Waals surface area (Å²) in [6.45, 7) is 4.49. The van der Waals surface area contributed by atoms with Crippen molar-refractivity contribution in [1.82, 2.24) is 5.32 Å². The first kappa shape index (κ1) is 17.3. The lowest BCUT2D eigenvalue weighted by molar-refractivity contribution is 0.0948. The van der Waals surface area contributed by atoms with Gasteiger partial charge in [0.15, 0.2) is 0 Å². The van der Waals surface area contributed by atoms with E-state index in [4.69, 9.17) is 4.74 Å². The van der Waals surface area contributed by atoms with Crippen molar-refractivity contribution in [3.8, 4) is 0 Å². The molecule has 0 spiro atoms. The molecular formula is C17H28N2O2S. The highest BCUT2D eigenvalue weighted by Gasteiger charge is 2.24. The third-order valence-electron chi connectivity index (χ3n) is 4.03. The third kappa shape index (κ3) is 4.46. The highest BCUT2D eigenvalue weighted by atomic mass is 32.1. The molecule has 0 radical (unpaired) electrons. The number of nitrogens with one attached hydrogen (secondary N) is 2. The van der Waals surface area contributed by atoms with Crippen LogP contribution in [-0.4, -0.2) is 32.7 Å². The van der Waals surface area contributed by atoms with Crippen LogP contribution in [0.25, 0.3) is 0 Å². The van der Waals surface area contributed by atoms with Gasteiger partial charge >= 0.3 is 0 Å². The molecule has 1 amide bonds. The van der Waals surface area contributed by atoms with E-state index in [-0.39, 0.29) is 5.91 Å². The maximum atomic E-state index is 12.6. The molecule has 0 saturated carbocycles. The number of carbonyl (C=O) groups excluding carboxylic acids is 1. The summed E-state index contributed by atoms with van der Waals surface area (Å²) in [6.07, 6.45) is 7.77. The van der Waals surface area contributed by atoms with Crippen LogP contribution in [0.2, 0.25) is 0 Å². The number of ether oxygens (including phenoxy) is 1. The van der Waals surface area contributed by atoms with Gasteiger partial charge in [-0.3, -0.25) is 4.79 Å². The summed E-state index contributed by atoms with van der Waals surface area (Å²) < 4.78 is 5.03. The number of aryl methyl sites for hydroxylation is 1. The van der Waals surface area contributed by atoms with Crippen molar-refractivity contribution >= 4 is 22.2 Å². The van der Waals surface area contributed by atoms with Crippen LogP contribution in [-0.2, 0) is 17.6 Å². The zero-order chi connectivity index (χ0) is 15.8. The number of hydrogen-bond acceptors (Lipinski definition) is 4. The largest absolute Gasteiger partial charge is 0.385 e. The predicted molar refractivity (Wildman–Crippen MR) is 93.2 cm³/mol. The molecular weight excluding hydrogens is 296 g/mol. The minimum Gasteiger partial charge on any atom is -0.385 e. The van der Waals surface area contributed by atoms with E-state index in [2.05, 4.69) is 17.6 Å². The Bertz CT molecular complexity index is 485. The van der Waals surface area contributed by atoms with Crippen molar-refractivity contribution in [2.75, 3.05) is 32.1 Å². The molecule has 1 aromatic rings. The summed E-state index contributed by atoms with van der Waals surface area (Å²) in [5.41, 5.74) is 2.20. The fraction of sp³-hybridized carbons (Fsp3) is 0.706. The van der Waals surface area contributed by atoms with Gasteiger partial charge in [0.25, 0.3) is 5.91 Å². The van der Waals surface area contributed by atoms with E-state index >= 15 is 0 Å². The molecule has 1 aliphatic rings. The first-order chi connectivity index (χ1) is 10.8. The number of thiophene rings is 1. The van der Waals surface area contributed by atoms with Crippen molar-refractivity contribution in [2.24, 2.45) is 0 Å². The van der Waals surface area contributed by atoms with Gasteiger partial charge in [-0.2, -0.15) is 0 Å². The van der Waals surface area contributed by atoms with Gasteiger partial charge in [0.2, 0.25) is 0 Å². The number of fused-ring (bicyclic) bond motifs is 1. The van der Waals surface area contributed by atoms with Crippen molar-refractivity contribution < 1.29 is 9.53 Å². The summed E-state index contributed by atoms with van der Waals surface area (Å²) in [6, 6.07) is 0. The number of anilines is 1. The van der Waals surface area contributed by atoms with E-state index in [1.807, 2.05) is 0 Å². The molecule has 1 aromatic heterocycles. The Labute approximate surface area is 137 Å². The highest BCUT2D eigenvalue weighted by Crippen LogP contribution is 2.38. The maximum Gasteiger partial charge on any atom is 0.254 e. The number of amides is 1. The Kier molecular flexibility index (Phi) is 7.19. The molecule has 0 fully saturated rings. The number of hydrogen-bond donors (Lipinski definition) is 2. The second kappa shape index (κ2) is 9.16. The van der Waals surface area contributed by atoms with Gasteiger partial charge in [0, 0.05) is 31.7 Å². The fourth-order valence-electron chi connectivity index (χ4n) is 2.82. The third-order valence-corrected chi connectivity index (χ3v) is 5.27. The van der Waals surface area contributed by atoms with Gasteiger partial charge < -0.3 is 15.4 Å². The normalized spacial score (nSPS) is 13.7. The van der Waals surface area contributed by atoms with Gasteiger partial charge in [-0.05, 0) is 44.1 Å². The van der Waals surface area contributed by atoms with Crippen molar-refractivity contribution in [3.63, 3.8) is 0 Å². The van der Waals surface area contributed by atoms with Crippen LogP contribution in [0, 0.1) is 0 Å². The molecule has 1 heterocycles. The molecule has 5 heteroatoms. The summed E-state index contributed by atoms with van der Waals surface area (Å²) in [7, 11) is 1.69. The van der Waals surface area contributed by atoms with Gasteiger partial charge in [-0.1, -0.05) is 13.3 Å².